The summed E-state index contributed by atoms with van der Waals surface area (Å²) in [5, 5.41) is 2.79. The van der Waals surface area contributed by atoms with E-state index in [1.165, 1.54) is 0 Å². The van der Waals surface area contributed by atoms with Crippen molar-refractivity contribution in [1.29, 1.82) is 0 Å². The lowest BCUT2D eigenvalue weighted by Gasteiger charge is -2.16. The summed E-state index contributed by atoms with van der Waals surface area (Å²) in [7, 11) is 1.58. The molecule has 142 valence electrons. The molecule has 0 aliphatic heterocycles. The average Bonchev–Trinajstić information content (AvgIpc) is 2.74. The minimum absolute atomic E-state index is 0.153. The molecule has 3 aromatic rings. The third kappa shape index (κ3) is 4.57. The fourth-order valence-corrected chi connectivity index (χ4v) is 2.68. The van der Waals surface area contributed by atoms with Crippen LogP contribution < -0.4 is 14.8 Å². The van der Waals surface area contributed by atoms with Crippen LogP contribution in [0, 0.1) is 0 Å². The Labute approximate surface area is 163 Å². The van der Waals surface area contributed by atoms with Crippen molar-refractivity contribution in [1.82, 2.24) is 0 Å². The van der Waals surface area contributed by atoms with Crippen molar-refractivity contribution in [2.45, 2.75) is 13.0 Å². The van der Waals surface area contributed by atoms with Gasteiger partial charge in [0.25, 0.3) is 5.91 Å². The van der Waals surface area contributed by atoms with Gasteiger partial charge in [0, 0.05) is 11.1 Å². The van der Waals surface area contributed by atoms with E-state index in [0.29, 0.717) is 28.3 Å². The van der Waals surface area contributed by atoms with E-state index in [9.17, 15) is 9.59 Å². The smallest absolute Gasteiger partial charge is 0.265 e. The minimum atomic E-state index is -0.742. The van der Waals surface area contributed by atoms with Crippen molar-refractivity contribution >= 4 is 17.4 Å². The summed E-state index contributed by atoms with van der Waals surface area (Å²) in [5.74, 6) is 0.763. The van der Waals surface area contributed by atoms with Gasteiger partial charge >= 0.3 is 0 Å². The number of ether oxygens (including phenoxy) is 2. The van der Waals surface area contributed by atoms with Crippen LogP contribution in [0.3, 0.4) is 0 Å². The third-order valence-electron chi connectivity index (χ3n) is 4.21. The number of hydrogen-bond donors (Lipinski definition) is 1. The fourth-order valence-electron chi connectivity index (χ4n) is 2.68. The van der Waals surface area contributed by atoms with Gasteiger partial charge in [-0.3, -0.25) is 9.59 Å². The van der Waals surface area contributed by atoms with Gasteiger partial charge in [0.15, 0.2) is 11.9 Å². The molecule has 0 aliphatic carbocycles. The molecule has 28 heavy (non-hydrogen) atoms. The van der Waals surface area contributed by atoms with Gasteiger partial charge in [0.05, 0.1) is 12.8 Å². The number of hydrogen-bond acceptors (Lipinski definition) is 4. The van der Waals surface area contributed by atoms with Crippen LogP contribution in [-0.4, -0.2) is 24.9 Å². The Bertz CT molecular complexity index is 952. The quantitative estimate of drug-likeness (QED) is 0.624. The Morgan fingerprint density at radius 3 is 2.11 bits per heavy atom. The van der Waals surface area contributed by atoms with E-state index in [1.54, 1.807) is 86.8 Å². The first-order chi connectivity index (χ1) is 13.6. The molecule has 0 bridgehead atoms. The molecule has 5 heteroatoms. The zero-order valence-corrected chi connectivity index (χ0v) is 15.7. The zero-order chi connectivity index (χ0) is 19.9. The van der Waals surface area contributed by atoms with E-state index in [-0.39, 0.29) is 11.7 Å². The van der Waals surface area contributed by atoms with E-state index < -0.39 is 6.10 Å². The van der Waals surface area contributed by atoms with E-state index in [4.69, 9.17) is 9.47 Å². The molecule has 0 radical (unpaired) electrons. The van der Waals surface area contributed by atoms with Crippen LogP contribution in [0.2, 0.25) is 0 Å². The molecule has 3 aromatic carbocycles. The number of ketones is 1. The fraction of sp³-hybridized carbons (Fsp3) is 0.130. The molecule has 0 fully saturated rings. The molecule has 0 aromatic heterocycles. The van der Waals surface area contributed by atoms with E-state index >= 15 is 0 Å². The Morgan fingerprint density at radius 2 is 1.43 bits per heavy atom. The number of amides is 1. The molecule has 0 spiro atoms. The van der Waals surface area contributed by atoms with Crippen LogP contribution in [0.15, 0.2) is 78.9 Å². The first kappa shape index (κ1) is 19.2. The number of carbonyl (C=O) groups is 2. The standard InChI is InChI=1S/C23H21NO4/c1-16(28-19-14-12-18(27-2)13-15-19)23(26)24-21-11-7-6-10-20(21)22(25)17-8-4-3-5-9-17/h3-16H,1-2H3,(H,24,26)/t16-/m1/s1. The predicted octanol–water partition coefficient (Wildman–Crippen LogP) is 4.33. The first-order valence-corrected chi connectivity index (χ1v) is 8.89. The SMILES string of the molecule is COc1ccc(O[C@H](C)C(=O)Nc2ccccc2C(=O)c2ccccc2)cc1. The molecule has 0 heterocycles. The maximum atomic E-state index is 12.8. The van der Waals surface area contributed by atoms with E-state index in [2.05, 4.69) is 5.32 Å². The summed E-state index contributed by atoms with van der Waals surface area (Å²) < 4.78 is 10.8. The number of methoxy groups -OCH3 is 1. The molecular formula is C23H21NO4. The van der Waals surface area contributed by atoms with Crippen molar-refractivity contribution in [2.24, 2.45) is 0 Å². The van der Waals surface area contributed by atoms with Crippen LogP contribution in [0.5, 0.6) is 11.5 Å². The Morgan fingerprint density at radius 1 is 0.821 bits per heavy atom. The lowest BCUT2D eigenvalue weighted by Crippen LogP contribution is -2.30. The number of carbonyl (C=O) groups excluding carboxylic acids is 2. The number of anilines is 1. The molecule has 1 amide bonds. The molecule has 1 N–H and O–H groups in total. The summed E-state index contributed by atoms with van der Waals surface area (Å²) in [6.07, 6.45) is -0.742. The van der Waals surface area contributed by atoms with Gasteiger partial charge in [0.2, 0.25) is 0 Å². The number of nitrogens with one attached hydrogen (secondary N) is 1. The van der Waals surface area contributed by atoms with Gasteiger partial charge in [-0.05, 0) is 43.3 Å². The average molecular weight is 375 g/mol. The largest absolute Gasteiger partial charge is 0.497 e. The third-order valence-corrected chi connectivity index (χ3v) is 4.21. The molecule has 1 atom stereocenters. The van der Waals surface area contributed by atoms with Gasteiger partial charge in [-0.15, -0.1) is 0 Å². The van der Waals surface area contributed by atoms with Crippen molar-refractivity contribution in [3.63, 3.8) is 0 Å². The van der Waals surface area contributed by atoms with E-state index in [0.717, 1.165) is 0 Å². The predicted molar refractivity (Wildman–Crippen MR) is 108 cm³/mol. The molecule has 0 unspecified atom stereocenters. The van der Waals surface area contributed by atoms with Gasteiger partial charge in [0.1, 0.15) is 11.5 Å². The summed E-state index contributed by atoms with van der Waals surface area (Å²) in [6.45, 7) is 1.65. The minimum Gasteiger partial charge on any atom is -0.497 e. The van der Waals surface area contributed by atoms with Crippen molar-refractivity contribution in [2.75, 3.05) is 12.4 Å². The van der Waals surface area contributed by atoms with Crippen LogP contribution in [0.1, 0.15) is 22.8 Å². The molecule has 0 aliphatic rings. The summed E-state index contributed by atoms with van der Waals surface area (Å²) in [4.78, 5) is 25.4. The molecule has 3 rings (SSSR count). The van der Waals surface area contributed by atoms with Crippen LogP contribution >= 0.6 is 0 Å². The van der Waals surface area contributed by atoms with Gasteiger partial charge < -0.3 is 14.8 Å². The van der Waals surface area contributed by atoms with Gasteiger partial charge in [-0.1, -0.05) is 42.5 Å². The first-order valence-electron chi connectivity index (χ1n) is 8.89. The second-order valence-corrected chi connectivity index (χ2v) is 6.17. The topological polar surface area (TPSA) is 64.6 Å². The van der Waals surface area contributed by atoms with Crippen LogP contribution in [0.25, 0.3) is 0 Å². The molecule has 0 saturated carbocycles. The Kier molecular flexibility index (Phi) is 6.07. The van der Waals surface area contributed by atoms with Gasteiger partial charge in [-0.2, -0.15) is 0 Å². The van der Waals surface area contributed by atoms with E-state index in [1.807, 2.05) is 6.07 Å². The Hall–Kier alpha value is -3.60. The lowest BCUT2D eigenvalue weighted by atomic mass is 10.0. The lowest BCUT2D eigenvalue weighted by molar-refractivity contribution is -0.122. The van der Waals surface area contributed by atoms with Crippen LogP contribution in [0.4, 0.5) is 5.69 Å². The highest BCUT2D eigenvalue weighted by molar-refractivity contribution is 6.14. The van der Waals surface area contributed by atoms with Crippen LogP contribution in [-0.2, 0) is 4.79 Å². The second kappa shape index (κ2) is 8.86. The van der Waals surface area contributed by atoms with Crippen molar-refractivity contribution < 1.29 is 19.1 Å². The monoisotopic (exact) mass is 375 g/mol. The number of para-hydroxylation sites is 1. The number of benzene rings is 3. The maximum Gasteiger partial charge on any atom is 0.265 e. The van der Waals surface area contributed by atoms with Crippen molar-refractivity contribution in [3.05, 3.63) is 90.0 Å². The summed E-state index contributed by atoms with van der Waals surface area (Å²) >= 11 is 0. The highest BCUT2D eigenvalue weighted by Crippen LogP contribution is 2.21. The summed E-state index contributed by atoms with van der Waals surface area (Å²) in [6, 6.07) is 22.9. The number of rotatable bonds is 7. The Balaban J connectivity index is 1.72. The highest BCUT2D eigenvalue weighted by Gasteiger charge is 2.19. The second-order valence-electron chi connectivity index (χ2n) is 6.17. The maximum absolute atomic E-state index is 12.8. The highest BCUT2D eigenvalue weighted by atomic mass is 16.5. The zero-order valence-electron chi connectivity index (χ0n) is 15.7. The van der Waals surface area contributed by atoms with Gasteiger partial charge in [-0.25, -0.2) is 0 Å². The van der Waals surface area contributed by atoms with Crippen molar-refractivity contribution in [3.8, 4) is 11.5 Å². The normalized spacial score (nSPS) is 11.4. The molecule has 5 nitrogen and oxygen atoms in total. The molecule has 0 saturated heterocycles. The summed E-state index contributed by atoms with van der Waals surface area (Å²) in [5.41, 5.74) is 1.44. The molecular weight excluding hydrogens is 354 g/mol.